The van der Waals surface area contributed by atoms with Gasteiger partial charge in [0.15, 0.2) is 5.82 Å². The Morgan fingerprint density at radius 1 is 1.26 bits per heavy atom. The first-order valence-corrected chi connectivity index (χ1v) is 11.4. The standard InChI is InChI=1S/C22H18ClN5O5S/c1-3-33-21(29)16(10-13-4-9-17(23)19(11-13)28(30)31)18-12-34-22-25-24-20(27(22)26-18)14-5-7-15(32-2)8-6-14/h4-11H,3,12H2,1-2H3. The summed E-state index contributed by atoms with van der Waals surface area (Å²) >= 11 is 7.28. The van der Waals surface area contributed by atoms with Crippen molar-refractivity contribution in [2.75, 3.05) is 19.5 Å². The van der Waals surface area contributed by atoms with Crippen molar-refractivity contribution >= 4 is 46.8 Å². The summed E-state index contributed by atoms with van der Waals surface area (Å²) in [6.07, 6.45) is 1.50. The van der Waals surface area contributed by atoms with E-state index in [4.69, 9.17) is 21.1 Å². The molecule has 0 N–H and O–H groups in total. The molecule has 12 heteroatoms. The summed E-state index contributed by atoms with van der Waals surface area (Å²) in [4.78, 5) is 23.5. The number of carbonyl (C=O) groups is 1. The minimum Gasteiger partial charge on any atom is -0.497 e. The van der Waals surface area contributed by atoms with E-state index in [0.717, 1.165) is 5.56 Å². The van der Waals surface area contributed by atoms with Gasteiger partial charge in [0.25, 0.3) is 5.69 Å². The van der Waals surface area contributed by atoms with Crippen LogP contribution in [0.4, 0.5) is 5.69 Å². The first-order chi connectivity index (χ1) is 16.4. The minimum atomic E-state index is -0.595. The minimum absolute atomic E-state index is 0.00339. The highest BCUT2D eigenvalue weighted by Crippen LogP contribution is 2.31. The SMILES string of the molecule is CCOC(=O)C(=Cc1ccc(Cl)c([N+](=O)[O-])c1)C1=Nn2c(nnc2-c2ccc(OC)cc2)SC1. The van der Waals surface area contributed by atoms with Gasteiger partial charge in [0.1, 0.15) is 10.8 Å². The number of halogens is 1. The Kier molecular flexibility index (Phi) is 6.94. The number of aromatic nitrogens is 3. The Hall–Kier alpha value is -3.70. The van der Waals surface area contributed by atoms with Crippen LogP contribution in [0.1, 0.15) is 12.5 Å². The van der Waals surface area contributed by atoms with E-state index in [1.165, 1.54) is 30.0 Å². The van der Waals surface area contributed by atoms with Gasteiger partial charge < -0.3 is 9.47 Å². The van der Waals surface area contributed by atoms with Gasteiger partial charge in [-0.2, -0.15) is 9.78 Å². The van der Waals surface area contributed by atoms with Crippen molar-refractivity contribution < 1.29 is 19.2 Å². The predicted molar refractivity (Wildman–Crippen MR) is 128 cm³/mol. The van der Waals surface area contributed by atoms with Crippen LogP contribution in [0, 0.1) is 10.1 Å². The average Bonchev–Trinajstić information content (AvgIpc) is 3.26. The number of hydrogen-bond acceptors (Lipinski definition) is 9. The average molecular weight is 500 g/mol. The van der Waals surface area contributed by atoms with Crippen LogP contribution in [0.5, 0.6) is 5.75 Å². The van der Waals surface area contributed by atoms with Crippen LogP contribution >= 0.6 is 23.4 Å². The number of methoxy groups -OCH3 is 1. The highest BCUT2D eigenvalue weighted by molar-refractivity contribution is 7.99. The molecular weight excluding hydrogens is 482 g/mol. The number of benzene rings is 2. The van der Waals surface area contributed by atoms with Crippen molar-refractivity contribution in [3.8, 4) is 17.1 Å². The molecule has 0 unspecified atom stereocenters. The zero-order valence-corrected chi connectivity index (χ0v) is 19.7. The summed E-state index contributed by atoms with van der Waals surface area (Å²) < 4.78 is 12.0. The molecule has 4 rings (SSSR count). The maximum absolute atomic E-state index is 12.8. The van der Waals surface area contributed by atoms with Crippen molar-refractivity contribution in [3.05, 3.63) is 68.7 Å². The fourth-order valence-electron chi connectivity index (χ4n) is 3.17. The molecule has 0 atom stereocenters. The topological polar surface area (TPSA) is 122 Å². The fraction of sp³-hybridized carbons (Fsp3) is 0.182. The molecule has 0 fully saturated rings. The normalized spacial score (nSPS) is 13.1. The third-order valence-electron chi connectivity index (χ3n) is 4.80. The third-order valence-corrected chi connectivity index (χ3v) is 6.05. The molecular formula is C22H18ClN5O5S. The molecule has 0 bridgehead atoms. The van der Waals surface area contributed by atoms with E-state index in [1.807, 2.05) is 12.1 Å². The zero-order chi connectivity index (χ0) is 24.2. The molecule has 0 aliphatic carbocycles. The lowest BCUT2D eigenvalue weighted by Crippen LogP contribution is -2.21. The molecule has 174 valence electrons. The van der Waals surface area contributed by atoms with E-state index in [9.17, 15) is 14.9 Å². The highest BCUT2D eigenvalue weighted by atomic mass is 35.5. The maximum Gasteiger partial charge on any atom is 0.340 e. The van der Waals surface area contributed by atoms with E-state index >= 15 is 0 Å². The quantitative estimate of drug-likeness (QED) is 0.202. The second kappa shape index (κ2) is 10.1. The van der Waals surface area contributed by atoms with E-state index in [1.54, 1.807) is 36.9 Å². The summed E-state index contributed by atoms with van der Waals surface area (Å²) in [5.74, 6) is 0.932. The second-order valence-electron chi connectivity index (χ2n) is 6.93. The van der Waals surface area contributed by atoms with Crippen molar-refractivity contribution in [2.24, 2.45) is 5.10 Å². The summed E-state index contributed by atoms with van der Waals surface area (Å²) in [5.41, 5.74) is 1.51. The number of esters is 1. The lowest BCUT2D eigenvalue weighted by Gasteiger charge is -2.16. The van der Waals surface area contributed by atoms with Crippen LogP contribution in [-0.4, -0.2) is 50.9 Å². The van der Waals surface area contributed by atoms with E-state index in [2.05, 4.69) is 15.3 Å². The van der Waals surface area contributed by atoms with Crippen LogP contribution in [0.25, 0.3) is 17.5 Å². The molecule has 2 aromatic carbocycles. The lowest BCUT2D eigenvalue weighted by molar-refractivity contribution is -0.384. The largest absolute Gasteiger partial charge is 0.497 e. The number of nitro benzene ring substituents is 1. The third kappa shape index (κ3) is 4.80. The Morgan fingerprint density at radius 2 is 2.03 bits per heavy atom. The van der Waals surface area contributed by atoms with Gasteiger partial charge in [0.05, 0.1) is 29.9 Å². The first-order valence-electron chi connectivity index (χ1n) is 10.0. The highest BCUT2D eigenvalue weighted by Gasteiger charge is 2.26. The molecule has 0 saturated carbocycles. The second-order valence-corrected chi connectivity index (χ2v) is 8.28. The van der Waals surface area contributed by atoms with Crippen molar-refractivity contribution in [1.82, 2.24) is 14.9 Å². The fourth-order valence-corrected chi connectivity index (χ4v) is 4.19. The van der Waals surface area contributed by atoms with E-state index in [-0.39, 0.29) is 22.9 Å². The summed E-state index contributed by atoms with van der Waals surface area (Å²) in [6, 6.07) is 11.6. The Morgan fingerprint density at radius 3 is 2.71 bits per heavy atom. The van der Waals surface area contributed by atoms with Gasteiger partial charge in [-0.15, -0.1) is 10.2 Å². The number of ether oxygens (including phenoxy) is 2. The lowest BCUT2D eigenvalue weighted by atomic mass is 10.1. The monoisotopic (exact) mass is 499 g/mol. The zero-order valence-electron chi connectivity index (χ0n) is 18.1. The van der Waals surface area contributed by atoms with Gasteiger partial charge in [-0.05, 0) is 48.9 Å². The molecule has 0 amide bonds. The molecule has 2 heterocycles. The molecule has 34 heavy (non-hydrogen) atoms. The molecule has 0 saturated heterocycles. The van der Waals surface area contributed by atoms with Gasteiger partial charge in [0, 0.05) is 17.4 Å². The molecule has 1 aromatic heterocycles. The van der Waals surface area contributed by atoms with Crippen LogP contribution in [-0.2, 0) is 9.53 Å². The molecule has 10 nitrogen and oxygen atoms in total. The van der Waals surface area contributed by atoms with Crippen LogP contribution in [0.3, 0.4) is 0 Å². The number of carbonyl (C=O) groups excluding carboxylic acids is 1. The summed E-state index contributed by atoms with van der Waals surface area (Å²) in [5, 5.41) is 24.9. The van der Waals surface area contributed by atoms with Crippen molar-refractivity contribution in [2.45, 2.75) is 12.1 Å². The molecule has 3 aromatic rings. The Labute approximate surface area is 203 Å². The van der Waals surface area contributed by atoms with Gasteiger partial charge in [0.2, 0.25) is 5.16 Å². The van der Waals surface area contributed by atoms with Crippen LogP contribution in [0.2, 0.25) is 5.02 Å². The summed E-state index contributed by atoms with van der Waals surface area (Å²) in [7, 11) is 1.58. The van der Waals surface area contributed by atoms with E-state index in [0.29, 0.717) is 33.8 Å². The first kappa shape index (κ1) is 23.5. The Bertz CT molecular complexity index is 1320. The van der Waals surface area contributed by atoms with Gasteiger partial charge in [-0.25, -0.2) is 4.79 Å². The van der Waals surface area contributed by atoms with Crippen LogP contribution in [0.15, 0.2) is 58.3 Å². The van der Waals surface area contributed by atoms with Gasteiger partial charge in [-0.3, -0.25) is 10.1 Å². The van der Waals surface area contributed by atoms with Gasteiger partial charge in [-0.1, -0.05) is 29.4 Å². The van der Waals surface area contributed by atoms with Crippen LogP contribution < -0.4 is 4.74 Å². The number of rotatable bonds is 7. The van der Waals surface area contributed by atoms with Crippen molar-refractivity contribution in [3.63, 3.8) is 0 Å². The van der Waals surface area contributed by atoms with Crippen molar-refractivity contribution in [1.29, 1.82) is 0 Å². The van der Waals surface area contributed by atoms with E-state index < -0.39 is 10.9 Å². The number of thioether (sulfide) groups is 1. The predicted octanol–water partition coefficient (Wildman–Crippen LogP) is 4.47. The molecule has 1 aliphatic rings. The Balaban J connectivity index is 1.78. The number of hydrogen-bond donors (Lipinski definition) is 0. The number of fused-ring (bicyclic) bond motifs is 1. The molecule has 1 aliphatic heterocycles. The molecule has 0 spiro atoms. The smallest absolute Gasteiger partial charge is 0.340 e. The number of nitrogens with zero attached hydrogens (tertiary/aromatic N) is 5. The number of nitro groups is 1. The van der Waals surface area contributed by atoms with Gasteiger partial charge >= 0.3 is 5.97 Å². The maximum atomic E-state index is 12.8. The summed E-state index contributed by atoms with van der Waals surface area (Å²) in [6.45, 7) is 1.85. The molecule has 0 radical (unpaired) electrons.